The van der Waals surface area contributed by atoms with Gasteiger partial charge in [-0.05, 0) is 49.6 Å². The van der Waals surface area contributed by atoms with Crippen LogP contribution in [0.2, 0.25) is 0 Å². The first-order chi connectivity index (χ1) is 10.8. The molecule has 2 aromatic carbocycles. The van der Waals surface area contributed by atoms with Crippen molar-refractivity contribution < 1.29 is 18.7 Å². The van der Waals surface area contributed by atoms with Crippen molar-refractivity contribution in [3.63, 3.8) is 0 Å². The van der Waals surface area contributed by atoms with Crippen LogP contribution in [0.3, 0.4) is 0 Å². The predicted octanol–water partition coefficient (Wildman–Crippen LogP) is 4.82. The largest absolute Gasteiger partial charge is 0.497 e. The van der Waals surface area contributed by atoms with E-state index in [0.29, 0.717) is 0 Å². The lowest BCUT2D eigenvalue weighted by Gasteiger charge is -2.29. The maximum Gasteiger partial charge on any atom is 0.337 e. The topological polar surface area (TPSA) is 55.8 Å². The molecule has 0 aliphatic rings. The smallest absolute Gasteiger partial charge is 0.337 e. The van der Waals surface area contributed by atoms with Crippen LogP contribution in [0.1, 0.15) is 26.3 Å². The molecule has 0 radical (unpaired) electrons. The second-order valence-electron chi connectivity index (χ2n) is 5.81. The van der Waals surface area contributed by atoms with Crippen LogP contribution in [-0.4, -0.2) is 18.6 Å². The summed E-state index contributed by atoms with van der Waals surface area (Å²) < 4.78 is 22.7. The van der Waals surface area contributed by atoms with Gasteiger partial charge in [0, 0.05) is 0 Å². The van der Waals surface area contributed by atoms with Gasteiger partial charge in [-0.3, -0.25) is 4.57 Å². The Morgan fingerprint density at radius 1 is 1.09 bits per heavy atom. The van der Waals surface area contributed by atoms with Gasteiger partial charge in [0.2, 0.25) is 0 Å². The Bertz CT molecular complexity index is 707. The van der Waals surface area contributed by atoms with E-state index in [-0.39, 0.29) is 6.61 Å². The summed E-state index contributed by atoms with van der Waals surface area (Å²) in [6.45, 7) is 5.37. The summed E-state index contributed by atoms with van der Waals surface area (Å²) in [5.41, 5.74) is 2.82. The Labute approximate surface area is 137 Å². The molecule has 0 spiro atoms. The molecule has 1 atom stereocenters. The second kappa shape index (κ2) is 6.88. The molecule has 0 saturated carbocycles. The molecule has 124 valence electrons. The van der Waals surface area contributed by atoms with Gasteiger partial charge in [-0.2, -0.15) is 0 Å². The van der Waals surface area contributed by atoms with E-state index in [2.05, 4.69) is 0 Å². The molecule has 2 rings (SSSR count). The molecule has 0 aromatic heterocycles. The lowest BCUT2D eigenvalue weighted by atomic mass is 9.98. The van der Waals surface area contributed by atoms with Crippen LogP contribution in [0, 0.1) is 0 Å². The molecule has 0 aliphatic heterocycles. The van der Waals surface area contributed by atoms with Crippen molar-refractivity contribution in [3.8, 4) is 16.9 Å². The van der Waals surface area contributed by atoms with Crippen molar-refractivity contribution in [1.29, 1.82) is 0 Å². The first-order valence-corrected chi connectivity index (χ1v) is 9.12. The monoisotopic (exact) mass is 334 g/mol. The highest BCUT2D eigenvalue weighted by Crippen LogP contribution is 2.60. The zero-order chi connectivity index (χ0) is 17.1. The van der Waals surface area contributed by atoms with E-state index in [1.165, 1.54) is 0 Å². The van der Waals surface area contributed by atoms with E-state index in [1.807, 2.05) is 48.5 Å². The number of rotatable bonds is 6. The summed E-state index contributed by atoms with van der Waals surface area (Å²) in [5.74, 6) is 0.795. The van der Waals surface area contributed by atoms with E-state index in [4.69, 9.17) is 9.26 Å². The van der Waals surface area contributed by atoms with Gasteiger partial charge < -0.3 is 14.2 Å². The van der Waals surface area contributed by atoms with Crippen molar-refractivity contribution in [1.82, 2.24) is 0 Å². The summed E-state index contributed by atoms with van der Waals surface area (Å²) in [6, 6.07) is 15.4. The highest BCUT2D eigenvalue weighted by molar-refractivity contribution is 7.54. The van der Waals surface area contributed by atoms with Gasteiger partial charge in [0.25, 0.3) is 0 Å². The van der Waals surface area contributed by atoms with Gasteiger partial charge in [-0.25, -0.2) is 0 Å². The van der Waals surface area contributed by atoms with Gasteiger partial charge >= 0.3 is 7.60 Å². The fourth-order valence-corrected chi connectivity index (χ4v) is 3.52. The maximum atomic E-state index is 12.4. The lowest BCUT2D eigenvalue weighted by molar-refractivity contribution is 0.251. The van der Waals surface area contributed by atoms with Crippen LogP contribution < -0.4 is 4.74 Å². The number of benzene rings is 2. The molecule has 0 saturated heterocycles. The molecule has 1 unspecified atom stereocenters. The second-order valence-corrected chi connectivity index (χ2v) is 8.22. The third-order valence-corrected chi connectivity index (χ3v) is 6.28. The zero-order valence-corrected chi connectivity index (χ0v) is 14.8. The SMILES string of the molecule is CCOP(=O)(O)C(C)(C)c1ccc(-c2cccc(OC)c2)cc1. The van der Waals surface area contributed by atoms with E-state index in [9.17, 15) is 9.46 Å². The first kappa shape index (κ1) is 17.7. The van der Waals surface area contributed by atoms with E-state index < -0.39 is 12.8 Å². The highest BCUT2D eigenvalue weighted by Gasteiger charge is 2.41. The molecule has 4 nitrogen and oxygen atoms in total. The molecule has 1 N–H and O–H groups in total. The molecule has 0 heterocycles. The molecule has 0 bridgehead atoms. The van der Waals surface area contributed by atoms with Gasteiger partial charge in [0.1, 0.15) is 5.75 Å². The highest BCUT2D eigenvalue weighted by atomic mass is 31.2. The lowest BCUT2D eigenvalue weighted by Crippen LogP contribution is -2.19. The molecule has 23 heavy (non-hydrogen) atoms. The molecule has 5 heteroatoms. The van der Waals surface area contributed by atoms with Crippen molar-refractivity contribution in [3.05, 3.63) is 54.1 Å². The van der Waals surface area contributed by atoms with Crippen LogP contribution in [-0.2, 0) is 14.2 Å². The van der Waals surface area contributed by atoms with E-state index in [1.54, 1.807) is 27.9 Å². The fraction of sp³-hybridized carbons (Fsp3) is 0.333. The van der Waals surface area contributed by atoms with Gasteiger partial charge in [-0.1, -0.05) is 36.4 Å². The molecular weight excluding hydrogens is 311 g/mol. The summed E-state index contributed by atoms with van der Waals surface area (Å²) in [5, 5.41) is -0.962. The number of ether oxygens (including phenoxy) is 1. The van der Waals surface area contributed by atoms with Crippen molar-refractivity contribution in [2.45, 2.75) is 25.9 Å². The van der Waals surface area contributed by atoms with Crippen LogP contribution in [0.15, 0.2) is 48.5 Å². The Kier molecular flexibility index (Phi) is 5.30. The summed E-state index contributed by atoms with van der Waals surface area (Å²) in [6.07, 6.45) is 0. The quantitative estimate of drug-likeness (QED) is 0.770. The summed E-state index contributed by atoms with van der Waals surface area (Å²) in [7, 11) is -2.10. The fourth-order valence-electron chi connectivity index (χ4n) is 2.37. The predicted molar refractivity (Wildman–Crippen MR) is 92.9 cm³/mol. The average molecular weight is 334 g/mol. The number of hydrogen-bond acceptors (Lipinski definition) is 3. The maximum absolute atomic E-state index is 12.4. The normalized spacial score (nSPS) is 14.3. The molecule has 2 aromatic rings. The molecule has 0 fully saturated rings. The van der Waals surface area contributed by atoms with Crippen LogP contribution >= 0.6 is 7.60 Å². The third-order valence-electron chi connectivity index (χ3n) is 4.00. The van der Waals surface area contributed by atoms with Gasteiger partial charge in [-0.15, -0.1) is 0 Å². The van der Waals surface area contributed by atoms with Crippen molar-refractivity contribution in [2.24, 2.45) is 0 Å². The Morgan fingerprint density at radius 3 is 2.30 bits per heavy atom. The Hall–Kier alpha value is -1.61. The van der Waals surface area contributed by atoms with E-state index in [0.717, 1.165) is 22.4 Å². The average Bonchev–Trinajstić information content (AvgIpc) is 2.55. The standard InChI is InChI=1S/C18H23O4P/c1-5-22-23(19,20)18(2,3)16-11-9-14(10-12-16)15-7-6-8-17(13-15)21-4/h6-13H,5H2,1-4H3,(H,19,20). The summed E-state index contributed by atoms with van der Waals surface area (Å²) in [4.78, 5) is 10.2. The van der Waals surface area contributed by atoms with Crippen molar-refractivity contribution in [2.75, 3.05) is 13.7 Å². The Balaban J connectivity index is 2.33. The molecule has 0 aliphatic carbocycles. The first-order valence-electron chi connectivity index (χ1n) is 7.54. The molecular formula is C18H23O4P. The minimum atomic E-state index is -3.74. The van der Waals surface area contributed by atoms with Crippen LogP contribution in [0.25, 0.3) is 11.1 Å². The van der Waals surface area contributed by atoms with Gasteiger partial charge in [0.15, 0.2) is 0 Å². The van der Waals surface area contributed by atoms with Gasteiger partial charge in [0.05, 0.1) is 18.9 Å². The minimum Gasteiger partial charge on any atom is -0.497 e. The molecule has 0 amide bonds. The summed E-state index contributed by atoms with van der Waals surface area (Å²) >= 11 is 0. The van der Waals surface area contributed by atoms with E-state index >= 15 is 0 Å². The van der Waals surface area contributed by atoms with Crippen LogP contribution in [0.4, 0.5) is 0 Å². The Morgan fingerprint density at radius 2 is 1.74 bits per heavy atom. The van der Waals surface area contributed by atoms with Crippen molar-refractivity contribution >= 4 is 7.60 Å². The minimum absolute atomic E-state index is 0.207. The number of hydrogen-bond donors (Lipinski definition) is 1. The third kappa shape index (κ3) is 3.66. The zero-order valence-electron chi connectivity index (χ0n) is 13.9. The number of methoxy groups -OCH3 is 1. The van der Waals surface area contributed by atoms with Crippen LogP contribution in [0.5, 0.6) is 5.75 Å².